The third-order valence-corrected chi connectivity index (χ3v) is 2.62. The van der Waals surface area contributed by atoms with Gasteiger partial charge in [0, 0.05) is 10.6 Å². The van der Waals surface area contributed by atoms with Crippen LogP contribution in [0, 0.1) is 0 Å². The molecule has 1 unspecified atom stereocenters. The number of phenolic OH excluding ortho intramolecular Hbond substituents is 1. The zero-order chi connectivity index (χ0) is 10.6. The van der Waals surface area contributed by atoms with Gasteiger partial charge in [-0.25, -0.2) is 4.79 Å². The molecular formula is C9H10O4S. The van der Waals surface area contributed by atoms with Gasteiger partial charge in [0.25, 0.3) is 0 Å². The molecule has 0 bridgehead atoms. The number of aliphatic hydroxyl groups excluding tert-OH is 1. The number of hydrogen-bond donors (Lipinski definition) is 3. The van der Waals surface area contributed by atoms with Crippen LogP contribution in [0.25, 0.3) is 0 Å². The molecule has 4 nitrogen and oxygen atoms in total. The van der Waals surface area contributed by atoms with Crippen molar-refractivity contribution in [2.45, 2.75) is 11.0 Å². The number of thioether (sulfide) groups is 1. The van der Waals surface area contributed by atoms with Crippen LogP contribution in [0.2, 0.25) is 0 Å². The maximum absolute atomic E-state index is 10.3. The third kappa shape index (κ3) is 3.27. The lowest BCUT2D eigenvalue weighted by molar-refractivity contribution is -0.145. The summed E-state index contributed by atoms with van der Waals surface area (Å²) in [4.78, 5) is 11.1. The van der Waals surface area contributed by atoms with Gasteiger partial charge in [-0.05, 0) is 24.3 Å². The van der Waals surface area contributed by atoms with Gasteiger partial charge in [-0.1, -0.05) is 0 Å². The van der Waals surface area contributed by atoms with Crippen LogP contribution in [0.15, 0.2) is 29.2 Å². The lowest BCUT2D eigenvalue weighted by Gasteiger charge is -2.04. The molecular weight excluding hydrogens is 204 g/mol. The molecule has 1 aromatic carbocycles. The van der Waals surface area contributed by atoms with Crippen LogP contribution in [0.4, 0.5) is 0 Å². The monoisotopic (exact) mass is 214 g/mol. The molecule has 0 aromatic heterocycles. The minimum Gasteiger partial charge on any atom is -0.508 e. The van der Waals surface area contributed by atoms with Gasteiger partial charge in [-0.15, -0.1) is 11.8 Å². The Hall–Kier alpha value is -1.20. The van der Waals surface area contributed by atoms with E-state index in [9.17, 15) is 4.79 Å². The van der Waals surface area contributed by atoms with Crippen LogP contribution >= 0.6 is 11.8 Å². The number of aromatic hydroxyl groups is 1. The standard InChI is InChI=1S/C9H10O4S/c10-6-1-3-7(4-2-6)14-5-8(11)9(12)13/h1-4,8,10-11H,5H2,(H,12,13). The second kappa shape index (κ2) is 4.88. The highest BCUT2D eigenvalue weighted by Crippen LogP contribution is 2.21. The molecule has 76 valence electrons. The van der Waals surface area contributed by atoms with Gasteiger partial charge in [-0.2, -0.15) is 0 Å². The Balaban J connectivity index is 2.46. The van der Waals surface area contributed by atoms with Gasteiger partial charge < -0.3 is 15.3 Å². The van der Waals surface area contributed by atoms with E-state index in [4.69, 9.17) is 15.3 Å². The van der Waals surface area contributed by atoms with E-state index < -0.39 is 12.1 Å². The Morgan fingerprint density at radius 2 is 1.93 bits per heavy atom. The van der Waals surface area contributed by atoms with E-state index in [1.54, 1.807) is 12.1 Å². The Bertz CT molecular complexity index is 309. The summed E-state index contributed by atoms with van der Waals surface area (Å²) in [6.07, 6.45) is -1.35. The average molecular weight is 214 g/mol. The van der Waals surface area contributed by atoms with Gasteiger partial charge in [0.05, 0.1) is 0 Å². The summed E-state index contributed by atoms with van der Waals surface area (Å²) in [5.41, 5.74) is 0. The van der Waals surface area contributed by atoms with E-state index in [1.807, 2.05) is 0 Å². The molecule has 0 heterocycles. The molecule has 3 N–H and O–H groups in total. The van der Waals surface area contributed by atoms with Crippen molar-refractivity contribution in [1.82, 2.24) is 0 Å². The van der Waals surface area contributed by atoms with E-state index in [1.165, 1.54) is 23.9 Å². The summed E-state index contributed by atoms with van der Waals surface area (Å²) < 4.78 is 0. The van der Waals surface area contributed by atoms with Crippen molar-refractivity contribution in [3.05, 3.63) is 24.3 Å². The molecule has 1 rings (SSSR count). The number of carboxylic acid groups (broad SMARTS) is 1. The van der Waals surface area contributed by atoms with Crippen LogP contribution in [-0.4, -0.2) is 33.1 Å². The minimum atomic E-state index is -1.35. The number of carboxylic acids is 1. The molecule has 1 atom stereocenters. The Labute approximate surface area is 85.2 Å². The van der Waals surface area contributed by atoms with Crippen molar-refractivity contribution in [3.63, 3.8) is 0 Å². The van der Waals surface area contributed by atoms with Gasteiger partial charge in [0.2, 0.25) is 0 Å². The molecule has 0 aliphatic heterocycles. The molecule has 0 amide bonds. The molecule has 0 aliphatic carbocycles. The fraction of sp³-hybridized carbons (Fsp3) is 0.222. The molecule has 0 fully saturated rings. The first-order valence-electron chi connectivity index (χ1n) is 3.92. The van der Waals surface area contributed by atoms with E-state index in [0.29, 0.717) is 0 Å². The Kier molecular flexibility index (Phi) is 3.79. The number of carbonyl (C=O) groups is 1. The highest BCUT2D eigenvalue weighted by molar-refractivity contribution is 7.99. The number of benzene rings is 1. The van der Waals surface area contributed by atoms with E-state index >= 15 is 0 Å². The number of rotatable bonds is 4. The number of phenols is 1. The van der Waals surface area contributed by atoms with Crippen molar-refractivity contribution in [2.75, 3.05) is 5.75 Å². The Morgan fingerprint density at radius 1 is 1.36 bits per heavy atom. The number of hydrogen-bond acceptors (Lipinski definition) is 4. The van der Waals surface area contributed by atoms with Crippen molar-refractivity contribution >= 4 is 17.7 Å². The fourth-order valence-electron chi connectivity index (χ4n) is 0.789. The molecule has 0 saturated heterocycles. The number of aliphatic carboxylic acids is 1. The topological polar surface area (TPSA) is 77.8 Å². The van der Waals surface area contributed by atoms with Gasteiger partial charge in [0.15, 0.2) is 6.10 Å². The Morgan fingerprint density at radius 3 is 2.43 bits per heavy atom. The van der Waals surface area contributed by atoms with Gasteiger partial charge in [0.1, 0.15) is 5.75 Å². The normalized spacial score (nSPS) is 12.4. The molecule has 0 saturated carbocycles. The first kappa shape index (κ1) is 10.9. The lowest BCUT2D eigenvalue weighted by Crippen LogP contribution is -2.21. The zero-order valence-electron chi connectivity index (χ0n) is 7.25. The maximum Gasteiger partial charge on any atom is 0.333 e. The summed E-state index contributed by atoms with van der Waals surface area (Å²) in [6, 6.07) is 6.34. The van der Waals surface area contributed by atoms with Crippen LogP contribution in [0.5, 0.6) is 5.75 Å². The van der Waals surface area contributed by atoms with E-state index in [2.05, 4.69) is 0 Å². The highest BCUT2D eigenvalue weighted by atomic mass is 32.2. The van der Waals surface area contributed by atoms with Crippen molar-refractivity contribution < 1.29 is 20.1 Å². The van der Waals surface area contributed by atoms with Crippen molar-refractivity contribution in [3.8, 4) is 5.75 Å². The second-order valence-corrected chi connectivity index (χ2v) is 3.75. The average Bonchev–Trinajstić information content (AvgIpc) is 2.16. The van der Waals surface area contributed by atoms with Gasteiger partial charge >= 0.3 is 5.97 Å². The van der Waals surface area contributed by atoms with Crippen LogP contribution in [0.1, 0.15) is 0 Å². The predicted octanol–water partition coefficient (Wildman–Crippen LogP) is 0.930. The first-order chi connectivity index (χ1) is 6.59. The predicted molar refractivity (Wildman–Crippen MR) is 52.5 cm³/mol. The highest BCUT2D eigenvalue weighted by Gasteiger charge is 2.12. The molecule has 0 spiro atoms. The minimum absolute atomic E-state index is 0.0973. The van der Waals surface area contributed by atoms with Crippen molar-refractivity contribution in [2.24, 2.45) is 0 Å². The van der Waals surface area contributed by atoms with Gasteiger partial charge in [-0.3, -0.25) is 0 Å². The van der Waals surface area contributed by atoms with Crippen molar-refractivity contribution in [1.29, 1.82) is 0 Å². The summed E-state index contributed by atoms with van der Waals surface area (Å²) in [6.45, 7) is 0. The molecule has 0 radical (unpaired) electrons. The summed E-state index contributed by atoms with van der Waals surface area (Å²) in [5.74, 6) is -0.968. The molecule has 5 heteroatoms. The quantitative estimate of drug-likeness (QED) is 0.650. The van der Waals surface area contributed by atoms with Crippen LogP contribution < -0.4 is 0 Å². The van der Waals surface area contributed by atoms with E-state index in [0.717, 1.165) is 4.90 Å². The summed E-state index contributed by atoms with van der Waals surface area (Å²) >= 11 is 1.22. The van der Waals surface area contributed by atoms with Crippen LogP contribution in [-0.2, 0) is 4.79 Å². The fourth-order valence-corrected chi connectivity index (χ4v) is 1.61. The van der Waals surface area contributed by atoms with E-state index in [-0.39, 0.29) is 11.5 Å². The number of aliphatic hydroxyl groups is 1. The first-order valence-corrected chi connectivity index (χ1v) is 4.91. The molecule has 1 aromatic rings. The third-order valence-electron chi connectivity index (χ3n) is 1.53. The summed E-state index contributed by atoms with van der Waals surface area (Å²) in [5, 5.41) is 26.3. The molecule has 14 heavy (non-hydrogen) atoms. The lowest BCUT2D eigenvalue weighted by atomic mass is 10.3. The smallest absolute Gasteiger partial charge is 0.333 e. The largest absolute Gasteiger partial charge is 0.508 e. The van der Waals surface area contributed by atoms with Crippen LogP contribution in [0.3, 0.4) is 0 Å². The second-order valence-electron chi connectivity index (χ2n) is 2.66. The summed E-state index contributed by atoms with van der Waals surface area (Å²) in [7, 11) is 0. The SMILES string of the molecule is O=C(O)C(O)CSc1ccc(O)cc1. The zero-order valence-corrected chi connectivity index (χ0v) is 8.07. The molecule has 0 aliphatic rings. The maximum atomic E-state index is 10.3.